The minimum absolute atomic E-state index is 0.161. The summed E-state index contributed by atoms with van der Waals surface area (Å²) in [7, 11) is 0. The van der Waals surface area contributed by atoms with Gasteiger partial charge in [0.15, 0.2) is 0 Å². The third kappa shape index (κ3) is 3.46. The number of anilines is 1. The Balaban J connectivity index is 1.27. The highest BCUT2D eigenvalue weighted by Gasteiger charge is 2.65. The summed E-state index contributed by atoms with van der Waals surface area (Å²) >= 11 is 0. The first kappa shape index (κ1) is 22.0. The summed E-state index contributed by atoms with van der Waals surface area (Å²) in [5, 5.41) is 15.2. The number of rotatable bonds is 4. The smallest absolute Gasteiger partial charge is 0.223 e. The molecule has 6 nitrogen and oxygen atoms in total. The molecule has 4 atom stereocenters. The summed E-state index contributed by atoms with van der Waals surface area (Å²) in [6.07, 6.45) is 11.8. The van der Waals surface area contributed by atoms with Gasteiger partial charge < -0.3 is 10.4 Å². The van der Waals surface area contributed by atoms with Crippen LogP contribution >= 0.6 is 0 Å². The molecule has 4 aliphatic rings. The van der Waals surface area contributed by atoms with Gasteiger partial charge in [-0.1, -0.05) is 44.2 Å². The lowest BCUT2D eigenvalue weighted by atomic mass is 9.41. The zero-order valence-electron chi connectivity index (χ0n) is 21.3. The van der Waals surface area contributed by atoms with Gasteiger partial charge in [-0.25, -0.2) is 15.0 Å². The van der Waals surface area contributed by atoms with Crippen molar-refractivity contribution in [2.24, 2.45) is 10.8 Å². The number of pyridine rings is 1. The highest BCUT2D eigenvalue weighted by Crippen LogP contribution is 2.68. The van der Waals surface area contributed by atoms with E-state index in [0.29, 0.717) is 5.95 Å². The number of aliphatic hydroxyl groups is 1. The Hall–Kier alpha value is -3.25. The highest BCUT2D eigenvalue weighted by atomic mass is 16.3. The third-order valence-corrected chi connectivity index (χ3v) is 8.77. The molecule has 0 aliphatic heterocycles. The molecule has 0 unspecified atom stereocenters. The normalized spacial score (nSPS) is 32.8. The van der Waals surface area contributed by atoms with Gasteiger partial charge in [-0.2, -0.15) is 0 Å². The molecule has 4 aromatic rings. The fourth-order valence-corrected chi connectivity index (χ4v) is 8.72. The largest absolute Gasteiger partial charge is 0.390 e. The molecule has 4 saturated carbocycles. The quantitative estimate of drug-likeness (QED) is 0.373. The average molecular weight is 480 g/mol. The van der Waals surface area contributed by atoms with Gasteiger partial charge in [0.1, 0.15) is 5.65 Å². The van der Waals surface area contributed by atoms with Crippen LogP contribution < -0.4 is 5.32 Å². The SMILES string of the molecule is Cc1cnc(N[C@]23C[C@@]4(C)C[C@](C)(C[C@](O)(C4)C2)C3)nc1-c1cnc2ccc(-c3ccccc3)cn12. The van der Waals surface area contributed by atoms with E-state index in [1.165, 1.54) is 12.0 Å². The lowest BCUT2D eigenvalue weighted by molar-refractivity contribution is -0.192. The molecule has 0 saturated heterocycles. The Morgan fingerprint density at radius 2 is 1.58 bits per heavy atom. The summed E-state index contributed by atoms with van der Waals surface area (Å²) in [6.45, 7) is 6.76. The van der Waals surface area contributed by atoms with Crippen LogP contribution in [0.1, 0.15) is 57.9 Å². The molecule has 1 aromatic carbocycles. The minimum atomic E-state index is -0.589. The summed E-state index contributed by atoms with van der Waals surface area (Å²) in [4.78, 5) is 14.4. The first-order valence-corrected chi connectivity index (χ1v) is 13.0. The van der Waals surface area contributed by atoms with Crippen LogP contribution in [0.3, 0.4) is 0 Å². The van der Waals surface area contributed by atoms with Crippen molar-refractivity contribution >= 4 is 11.6 Å². The standard InChI is InChI=1S/C30H33N5O/c1-20-11-32-26(34-29-15-27(2)14-28(3,16-29)18-30(36,17-27)19-29)33-25(20)23-12-31-24-10-9-22(13-35(23)24)21-7-5-4-6-8-21/h4-13,36H,14-19H2,1-3H3,(H,32,33,34)/t27-,28+,29+,30-. The second kappa shape index (κ2) is 7.16. The van der Waals surface area contributed by atoms with Crippen LogP contribution in [0.5, 0.6) is 0 Å². The van der Waals surface area contributed by atoms with E-state index in [0.717, 1.165) is 60.3 Å². The van der Waals surface area contributed by atoms with Gasteiger partial charge >= 0.3 is 0 Å². The van der Waals surface area contributed by atoms with Crippen LogP contribution in [0.4, 0.5) is 5.95 Å². The molecule has 4 bridgehead atoms. The van der Waals surface area contributed by atoms with Gasteiger partial charge in [-0.05, 0) is 85.1 Å². The maximum absolute atomic E-state index is 11.5. The van der Waals surface area contributed by atoms with Gasteiger partial charge in [0.25, 0.3) is 0 Å². The molecular formula is C30H33N5O. The summed E-state index contributed by atoms with van der Waals surface area (Å²) < 4.78 is 2.12. The molecule has 3 aromatic heterocycles. The third-order valence-electron chi connectivity index (χ3n) is 8.77. The number of aryl methyl sites for hydroxylation is 1. The first-order chi connectivity index (χ1) is 17.1. The second-order valence-corrected chi connectivity index (χ2v) is 12.7. The summed E-state index contributed by atoms with van der Waals surface area (Å²) in [5.41, 5.74) is 5.60. The molecule has 0 spiro atoms. The van der Waals surface area contributed by atoms with Gasteiger partial charge in [0.05, 0.1) is 23.2 Å². The van der Waals surface area contributed by atoms with E-state index in [2.05, 4.69) is 78.1 Å². The lowest BCUT2D eigenvalue weighted by Crippen LogP contribution is -2.67. The first-order valence-electron chi connectivity index (χ1n) is 13.0. The highest BCUT2D eigenvalue weighted by molar-refractivity contribution is 5.69. The van der Waals surface area contributed by atoms with Crippen molar-refractivity contribution < 1.29 is 5.11 Å². The molecule has 3 heterocycles. The van der Waals surface area contributed by atoms with Crippen LogP contribution in [-0.4, -0.2) is 35.6 Å². The molecule has 2 N–H and O–H groups in total. The predicted octanol–water partition coefficient (Wildman–Crippen LogP) is 6.04. The predicted molar refractivity (Wildman–Crippen MR) is 142 cm³/mol. The van der Waals surface area contributed by atoms with Gasteiger partial charge in [0, 0.05) is 17.9 Å². The topological polar surface area (TPSA) is 75.3 Å². The summed E-state index contributed by atoms with van der Waals surface area (Å²) in [6, 6.07) is 14.6. The molecule has 8 rings (SSSR count). The van der Waals surface area contributed by atoms with Crippen molar-refractivity contribution in [1.29, 1.82) is 0 Å². The van der Waals surface area contributed by atoms with E-state index in [1.807, 2.05) is 18.5 Å². The van der Waals surface area contributed by atoms with Crippen molar-refractivity contribution in [2.45, 2.75) is 70.4 Å². The number of benzene rings is 1. The number of hydrogen-bond donors (Lipinski definition) is 2. The molecule has 184 valence electrons. The Morgan fingerprint density at radius 3 is 2.31 bits per heavy atom. The number of nitrogens with one attached hydrogen (secondary N) is 1. The maximum atomic E-state index is 11.5. The van der Waals surface area contributed by atoms with E-state index in [4.69, 9.17) is 9.97 Å². The van der Waals surface area contributed by atoms with E-state index in [-0.39, 0.29) is 16.4 Å². The van der Waals surface area contributed by atoms with E-state index in [1.54, 1.807) is 0 Å². The molecule has 4 aliphatic carbocycles. The molecule has 0 amide bonds. The fraction of sp³-hybridized carbons (Fsp3) is 0.433. The van der Waals surface area contributed by atoms with Crippen molar-refractivity contribution in [1.82, 2.24) is 19.4 Å². The van der Waals surface area contributed by atoms with Crippen LogP contribution in [0, 0.1) is 17.8 Å². The Kier molecular flexibility index (Phi) is 4.37. The van der Waals surface area contributed by atoms with Crippen molar-refractivity contribution in [2.75, 3.05) is 5.32 Å². The molecule has 4 fully saturated rings. The lowest BCUT2D eigenvalue weighted by Gasteiger charge is -2.68. The number of fused-ring (bicyclic) bond motifs is 1. The number of nitrogens with zero attached hydrogens (tertiary/aromatic N) is 4. The van der Waals surface area contributed by atoms with Crippen molar-refractivity contribution in [3.05, 3.63) is 66.6 Å². The Labute approximate surface area is 211 Å². The number of imidazole rings is 1. The average Bonchev–Trinajstić information content (AvgIpc) is 3.21. The van der Waals surface area contributed by atoms with E-state index < -0.39 is 5.60 Å². The van der Waals surface area contributed by atoms with Crippen LogP contribution in [0.25, 0.3) is 28.2 Å². The fourth-order valence-electron chi connectivity index (χ4n) is 8.72. The van der Waals surface area contributed by atoms with Crippen molar-refractivity contribution in [3.8, 4) is 22.5 Å². The Bertz CT molecular complexity index is 1440. The number of hydrogen-bond acceptors (Lipinski definition) is 5. The summed E-state index contributed by atoms with van der Waals surface area (Å²) in [5.74, 6) is 0.641. The van der Waals surface area contributed by atoms with E-state index >= 15 is 0 Å². The van der Waals surface area contributed by atoms with Crippen LogP contribution in [0.2, 0.25) is 0 Å². The van der Waals surface area contributed by atoms with Crippen molar-refractivity contribution in [3.63, 3.8) is 0 Å². The van der Waals surface area contributed by atoms with Gasteiger partial charge in [-0.3, -0.25) is 4.40 Å². The van der Waals surface area contributed by atoms with Crippen LogP contribution in [0.15, 0.2) is 61.1 Å². The zero-order chi connectivity index (χ0) is 24.8. The van der Waals surface area contributed by atoms with Gasteiger partial charge in [-0.15, -0.1) is 0 Å². The maximum Gasteiger partial charge on any atom is 0.223 e. The second-order valence-electron chi connectivity index (χ2n) is 12.7. The molecule has 6 heteroatoms. The Morgan fingerprint density at radius 1 is 0.833 bits per heavy atom. The van der Waals surface area contributed by atoms with Gasteiger partial charge in [0.2, 0.25) is 5.95 Å². The minimum Gasteiger partial charge on any atom is -0.390 e. The van der Waals surface area contributed by atoms with Crippen LogP contribution in [-0.2, 0) is 0 Å². The monoisotopic (exact) mass is 479 g/mol. The molecule has 36 heavy (non-hydrogen) atoms. The molecule has 0 radical (unpaired) electrons. The zero-order valence-corrected chi connectivity index (χ0v) is 21.3. The molecular weight excluding hydrogens is 446 g/mol. The van der Waals surface area contributed by atoms with E-state index in [9.17, 15) is 5.11 Å². The number of aromatic nitrogens is 4.